The van der Waals surface area contributed by atoms with Crippen molar-refractivity contribution in [1.29, 1.82) is 0 Å². The Morgan fingerprint density at radius 1 is 1.00 bits per heavy atom. The van der Waals surface area contributed by atoms with Gasteiger partial charge in [-0.05, 0) is 35.2 Å². The third-order valence-corrected chi connectivity index (χ3v) is 4.56. The van der Waals surface area contributed by atoms with Crippen LogP contribution in [-0.4, -0.2) is 36.4 Å². The molecule has 3 aromatic rings. The Morgan fingerprint density at radius 3 is 2.41 bits per heavy atom. The Labute approximate surface area is 189 Å². The van der Waals surface area contributed by atoms with Gasteiger partial charge >= 0.3 is 0 Å². The van der Waals surface area contributed by atoms with E-state index in [0.717, 1.165) is 31.2 Å². The molecule has 0 saturated carbocycles. The number of benzene rings is 2. The van der Waals surface area contributed by atoms with Crippen molar-refractivity contribution in [3.8, 4) is 5.75 Å². The van der Waals surface area contributed by atoms with Gasteiger partial charge in [-0.1, -0.05) is 42.5 Å². The molecule has 0 saturated heterocycles. The third-order valence-electron chi connectivity index (χ3n) is 4.56. The standard InChI is InChI=1S/C22H27N5O.HI/c1-23-22(24-14-12-18-8-5-6-11-21(18)28-2)25-16-19-9-3-4-10-20(19)17-27-15-7-13-26-27;/h3-11,13,15H,12,14,16-17H2,1-2H3,(H2,23,24,25);1H. The zero-order valence-corrected chi connectivity index (χ0v) is 19.2. The lowest BCUT2D eigenvalue weighted by molar-refractivity contribution is 0.409. The Balaban J connectivity index is 0.00000300. The van der Waals surface area contributed by atoms with Gasteiger partial charge in [0.25, 0.3) is 0 Å². The first-order chi connectivity index (χ1) is 13.8. The highest BCUT2D eigenvalue weighted by Gasteiger charge is 2.06. The van der Waals surface area contributed by atoms with E-state index in [1.807, 2.05) is 35.1 Å². The van der Waals surface area contributed by atoms with Crippen molar-refractivity contribution in [3.63, 3.8) is 0 Å². The second-order valence-corrected chi connectivity index (χ2v) is 6.39. The number of hydrogen-bond acceptors (Lipinski definition) is 3. The Morgan fingerprint density at radius 2 is 1.72 bits per heavy atom. The van der Waals surface area contributed by atoms with E-state index in [1.165, 1.54) is 16.7 Å². The fourth-order valence-corrected chi connectivity index (χ4v) is 3.08. The average molecular weight is 505 g/mol. The number of rotatable bonds is 8. The van der Waals surface area contributed by atoms with E-state index in [2.05, 4.69) is 51.1 Å². The van der Waals surface area contributed by atoms with Crippen LogP contribution in [0, 0.1) is 0 Å². The maximum atomic E-state index is 5.41. The Kier molecular flexibility index (Phi) is 9.49. The summed E-state index contributed by atoms with van der Waals surface area (Å²) in [5.41, 5.74) is 3.64. The molecule has 0 aliphatic heterocycles. The Hall–Kier alpha value is -2.55. The molecule has 154 valence electrons. The highest BCUT2D eigenvalue weighted by molar-refractivity contribution is 14.0. The molecule has 0 amide bonds. The molecule has 29 heavy (non-hydrogen) atoms. The lowest BCUT2D eigenvalue weighted by atomic mass is 10.1. The quantitative estimate of drug-likeness (QED) is 0.280. The molecule has 0 fully saturated rings. The summed E-state index contributed by atoms with van der Waals surface area (Å²) in [6.45, 7) is 2.23. The van der Waals surface area contributed by atoms with Crippen molar-refractivity contribution in [2.75, 3.05) is 20.7 Å². The van der Waals surface area contributed by atoms with Crippen molar-refractivity contribution in [1.82, 2.24) is 20.4 Å². The van der Waals surface area contributed by atoms with Crippen molar-refractivity contribution in [3.05, 3.63) is 83.7 Å². The summed E-state index contributed by atoms with van der Waals surface area (Å²) >= 11 is 0. The first-order valence-electron chi connectivity index (χ1n) is 9.40. The van der Waals surface area contributed by atoms with Crippen molar-refractivity contribution < 1.29 is 4.74 Å². The number of aromatic nitrogens is 2. The lowest BCUT2D eigenvalue weighted by Gasteiger charge is -2.15. The van der Waals surface area contributed by atoms with E-state index < -0.39 is 0 Å². The number of guanidine groups is 1. The number of para-hydroxylation sites is 1. The summed E-state index contributed by atoms with van der Waals surface area (Å²) in [6.07, 6.45) is 4.64. The molecule has 1 aromatic heterocycles. The number of nitrogens with one attached hydrogen (secondary N) is 2. The smallest absolute Gasteiger partial charge is 0.191 e. The molecular formula is C22H28IN5O. The van der Waals surface area contributed by atoms with Crippen LogP contribution in [-0.2, 0) is 19.5 Å². The summed E-state index contributed by atoms with van der Waals surface area (Å²) in [4.78, 5) is 4.33. The van der Waals surface area contributed by atoms with Crippen LogP contribution >= 0.6 is 24.0 Å². The summed E-state index contributed by atoms with van der Waals surface area (Å²) in [5.74, 6) is 1.70. The van der Waals surface area contributed by atoms with Gasteiger partial charge in [0.05, 0.1) is 13.7 Å². The fraction of sp³-hybridized carbons (Fsp3) is 0.273. The van der Waals surface area contributed by atoms with Crippen LogP contribution in [0.4, 0.5) is 0 Å². The van der Waals surface area contributed by atoms with Crippen molar-refractivity contribution >= 4 is 29.9 Å². The zero-order valence-electron chi connectivity index (χ0n) is 16.8. The van der Waals surface area contributed by atoms with Crippen LogP contribution in [0.25, 0.3) is 0 Å². The number of halogens is 1. The van der Waals surface area contributed by atoms with Gasteiger partial charge in [-0.15, -0.1) is 24.0 Å². The minimum Gasteiger partial charge on any atom is -0.496 e. The van der Waals surface area contributed by atoms with E-state index >= 15 is 0 Å². The van der Waals surface area contributed by atoms with Crippen LogP contribution in [0.15, 0.2) is 72.0 Å². The predicted octanol–water partition coefficient (Wildman–Crippen LogP) is 3.47. The second-order valence-electron chi connectivity index (χ2n) is 6.39. The molecule has 7 heteroatoms. The molecule has 0 radical (unpaired) electrons. The molecular weight excluding hydrogens is 477 g/mol. The van der Waals surface area contributed by atoms with E-state index in [4.69, 9.17) is 4.74 Å². The molecule has 2 N–H and O–H groups in total. The predicted molar refractivity (Wildman–Crippen MR) is 128 cm³/mol. The van der Waals surface area contributed by atoms with Gasteiger partial charge in [-0.3, -0.25) is 9.67 Å². The normalized spacial score (nSPS) is 10.9. The van der Waals surface area contributed by atoms with Crippen LogP contribution in [0.5, 0.6) is 5.75 Å². The van der Waals surface area contributed by atoms with Gasteiger partial charge in [-0.2, -0.15) is 5.10 Å². The van der Waals surface area contributed by atoms with Crippen molar-refractivity contribution in [2.24, 2.45) is 4.99 Å². The van der Waals surface area contributed by atoms with Gasteiger partial charge in [-0.25, -0.2) is 0 Å². The summed E-state index contributed by atoms with van der Waals surface area (Å²) in [7, 11) is 3.49. The number of methoxy groups -OCH3 is 1. The molecule has 2 aromatic carbocycles. The van der Waals surface area contributed by atoms with Gasteiger partial charge in [0.15, 0.2) is 5.96 Å². The van der Waals surface area contributed by atoms with Gasteiger partial charge in [0.2, 0.25) is 0 Å². The maximum Gasteiger partial charge on any atom is 0.191 e. The van der Waals surface area contributed by atoms with Gasteiger partial charge < -0.3 is 15.4 Å². The minimum absolute atomic E-state index is 0. The van der Waals surface area contributed by atoms with Crippen LogP contribution < -0.4 is 15.4 Å². The summed E-state index contributed by atoms with van der Waals surface area (Å²) < 4.78 is 7.34. The zero-order chi connectivity index (χ0) is 19.6. The van der Waals surface area contributed by atoms with Crippen LogP contribution in [0.2, 0.25) is 0 Å². The molecule has 0 bridgehead atoms. The topological polar surface area (TPSA) is 63.5 Å². The van der Waals surface area contributed by atoms with E-state index in [1.54, 1.807) is 20.4 Å². The minimum atomic E-state index is 0. The molecule has 0 atom stereocenters. The molecule has 0 aliphatic rings. The third kappa shape index (κ3) is 6.77. The van der Waals surface area contributed by atoms with Crippen LogP contribution in [0.3, 0.4) is 0 Å². The number of ether oxygens (including phenoxy) is 1. The first-order valence-corrected chi connectivity index (χ1v) is 9.40. The summed E-state index contributed by atoms with van der Waals surface area (Å²) in [5, 5.41) is 11.1. The Bertz CT molecular complexity index is 896. The molecule has 6 nitrogen and oxygen atoms in total. The fourth-order valence-electron chi connectivity index (χ4n) is 3.08. The summed E-state index contributed by atoms with van der Waals surface area (Å²) in [6, 6.07) is 18.4. The molecule has 1 heterocycles. The van der Waals surface area contributed by atoms with E-state index in [9.17, 15) is 0 Å². The molecule has 0 aliphatic carbocycles. The monoisotopic (exact) mass is 505 g/mol. The van der Waals surface area contributed by atoms with Crippen LogP contribution in [0.1, 0.15) is 16.7 Å². The van der Waals surface area contributed by atoms with Gasteiger partial charge in [0.1, 0.15) is 5.75 Å². The lowest BCUT2D eigenvalue weighted by Crippen LogP contribution is -2.38. The number of hydrogen-bond donors (Lipinski definition) is 2. The van der Waals surface area contributed by atoms with E-state index in [-0.39, 0.29) is 24.0 Å². The first kappa shape index (κ1) is 22.7. The van der Waals surface area contributed by atoms with Crippen molar-refractivity contribution in [2.45, 2.75) is 19.5 Å². The highest BCUT2D eigenvalue weighted by Crippen LogP contribution is 2.17. The van der Waals surface area contributed by atoms with Gasteiger partial charge in [0, 0.05) is 32.5 Å². The second kappa shape index (κ2) is 12.1. The number of nitrogens with zero attached hydrogens (tertiary/aromatic N) is 3. The average Bonchev–Trinajstić information content (AvgIpc) is 3.25. The highest BCUT2D eigenvalue weighted by atomic mass is 127. The number of aliphatic imine (C=N–C) groups is 1. The molecule has 3 rings (SSSR count). The maximum absolute atomic E-state index is 5.41. The van der Waals surface area contributed by atoms with E-state index in [0.29, 0.717) is 6.54 Å². The largest absolute Gasteiger partial charge is 0.496 e. The SMILES string of the molecule is CN=C(NCCc1ccccc1OC)NCc1ccccc1Cn1cccn1.I. The molecule has 0 spiro atoms. The molecule has 0 unspecified atom stereocenters.